The maximum atomic E-state index is 13.2. The zero-order chi connectivity index (χ0) is 22.7. The minimum atomic E-state index is -0.709. The summed E-state index contributed by atoms with van der Waals surface area (Å²) < 4.78 is 1.91. The van der Waals surface area contributed by atoms with E-state index in [-0.39, 0.29) is 23.8 Å². The van der Waals surface area contributed by atoms with Crippen molar-refractivity contribution in [1.82, 2.24) is 29.6 Å². The second-order valence-corrected chi connectivity index (χ2v) is 9.42. The molecule has 1 aromatic rings. The summed E-state index contributed by atoms with van der Waals surface area (Å²) in [6.07, 6.45) is 8.48. The average Bonchev–Trinajstić information content (AvgIpc) is 3.34. The maximum absolute atomic E-state index is 13.2. The highest BCUT2D eigenvalue weighted by Gasteiger charge is 2.52. The number of carbonyl (C=O) groups excluding carboxylic acids is 3. The molecule has 0 aliphatic carbocycles. The highest BCUT2D eigenvalue weighted by atomic mass is 16.2. The molecular weight excluding hydrogens is 408 g/mol. The first kappa shape index (κ1) is 22.8. The van der Waals surface area contributed by atoms with Crippen LogP contribution in [0, 0.1) is 5.92 Å². The number of urea groups is 1. The van der Waals surface area contributed by atoms with Crippen LogP contribution in [0.5, 0.6) is 0 Å². The lowest BCUT2D eigenvalue weighted by Gasteiger charge is -2.37. The zero-order valence-corrected chi connectivity index (χ0v) is 19.4. The summed E-state index contributed by atoms with van der Waals surface area (Å²) in [6, 6.07) is -0.246. The van der Waals surface area contributed by atoms with Gasteiger partial charge in [-0.25, -0.2) is 9.78 Å². The molecule has 0 unspecified atom stereocenters. The summed E-state index contributed by atoms with van der Waals surface area (Å²) in [7, 11) is 0. The maximum Gasteiger partial charge on any atom is 0.325 e. The van der Waals surface area contributed by atoms with Gasteiger partial charge in [-0.05, 0) is 44.6 Å². The van der Waals surface area contributed by atoms with Crippen LogP contribution in [0.3, 0.4) is 0 Å². The van der Waals surface area contributed by atoms with Crippen LogP contribution in [-0.4, -0.2) is 86.9 Å². The number of aryl methyl sites for hydroxylation is 1. The number of imidazole rings is 1. The zero-order valence-electron chi connectivity index (χ0n) is 19.4. The average molecular weight is 445 g/mol. The van der Waals surface area contributed by atoms with Crippen LogP contribution >= 0.6 is 0 Å². The Hall–Kier alpha value is -2.42. The fourth-order valence-corrected chi connectivity index (χ4v) is 5.32. The molecular formula is C23H36N6O3. The largest absolute Gasteiger partial charge is 0.341 e. The normalized spacial score (nSPS) is 22.1. The number of aromatic nitrogens is 2. The van der Waals surface area contributed by atoms with Gasteiger partial charge in [0.25, 0.3) is 5.91 Å². The Morgan fingerprint density at radius 1 is 1.16 bits per heavy atom. The molecule has 1 aromatic heterocycles. The quantitative estimate of drug-likeness (QED) is 0.644. The van der Waals surface area contributed by atoms with Crippen LogP contribution in [0.25, 0.3) is 0 Å². The van der Waals surface area contributed by atoms with Crippen molar-refractivity contribution in [2.45, 2.75) is 64.5 Å². The van der Waals surface area contributed by atoms with E-state index in [9.17, 15) is 14.4 Å². The van der Waals surface area contributed by atoms with Gasteiger partial charge >= 0.3 is 6.03 Å². The van der Waals surface area contributed by atoms with Crippen molar-refractivity contribution in [2.24, 2.45) is 5.92 Å². The third-order valence-corrected chi connectivity index (χ3v) is 7.33. The van der Waals surface area contributed by atoms with Crippen molar-refractivity contribution in [3.63, 3.8) is 0 Å². The molecule has 1 spiro atoms. The molecule has 32 heavy (non-hydrogen) atoms. The van der Waals surface area contributed by atoms with Gasteiger partial charge in [0.05, 0.1) is 0 Å². The molecule has 0 bridgehead atoms. The van der Waals surface area contributed by atoms with Gasteiger partial charge in [-0.2, -0.15) is 0 Å². The number of piperidine rings is 2. The number of nitrogens with one attached hydrogen (secondary N) is 1. The highest BCUT2D eigenvalue weighted by Crippen LogP contribution is 2.31. The molecule has 4 rings (SSSR count). The van der Waals surface area contributed by atoms with E-state index in [0.717, 1.165) is 51.1 Å². The van der Waals surface area contributed by atoms with Gasteiger partial charge in [0.2, 0.25) is 5.91 Å². The van der Waals surface area contributed by atoms with E-state index in [1.807, 2.05) is 22.6 Å². The van der Waals surface area contributed by atoms with Gasteiger partial charge < -0.3 is 19.7 Å². The van der Waals surface area contributed by atoms with Gasteiger partial charge in [-0.15, -0.1) is 0 Å². The molecule has 1 N–H and O–H groups in total. The Labute approximate surface area is 190 Å². The van der Waals surface area contributed by atoms with Gasteiger partial charge in [-0.3, -0.25) is 14.5 Å². The van der Waals surface area contributed by atoms with Crippen molar-refractivity contribution < 1.29 is 14.4 Å². The molecule has 3 aliphatic rings. The molecule has 0 atom stereocenters. The summed E-state index contributed by atoms with van der Waals surface area (Å²) >= 11 is 0. The van der Waals surface area contributed by atoms with Crippen molar-refractivity contribution >= 4 is 17.8 Å². The van der Waals surface area contributed by atoms with E-state index >= 15 is 0 Å². The summed E-state index contributed by atoms with van der Waals surface area (Å²) in [5.74, 6) is 1.21. The Bertz CT molecular complexity index is 837. The molecule has 3 aliphatic heterocycles. The van der Waals surface area contributed by atoms with Crippen LogP contribution in [0.15, 0.2) is 12.4 Å². The molecule has 4 heterocycles. The molecule has 3 saturated heterocycles. The Balaban J connectivity index is 1.27. The first-order chi connectivity index (χ1) is 15.5. The number of carbonyl (C=O) groups is 3. The molecule has 3 fully saturated rings. The molecule has 0 aromatic carbocycles. The lowest BCUT2D eigenvalue weighted by Crippen LogP contribution is -2.55. The predicted octanol–water partition coefficient (Wildman–Crippen LogP) is 1.48. The fraction of sp³-hybridized carbons (Fsp3) is 0.739. The molecule has 9 heteroatoms. The topological polar surface area (TPSA) is 90.8 Å². The monoisotopic (exact) mass is 444 g/mol. The lowest BCUT2D eigenvalue weighted by atomic mass is 9.87. The SMILES string of the molecule is CCCN1CCC2(CC1)NC(=O)N(CC1CCN(C(=O)Cn3ccnc3CC)CC1)C2=O. The second-order valence-electron chi connectivity index (χ2n) is 9.42. The van der Waals surface area contributed by atoms with Crippen molar-refractivity contribution in [2.75, 3.05) is 39.3 Å². The van der Waals surface area contributed by atoms with Crippen molar-refractivity contribution in [3.8, 4) is 0 Å². The number of nitrogens with zero attached hydrogens (tertiary/aromatic N) is 5. The van der Waals surface area contributed by atoms with E-state index in [2.05, 4.69) is 22.1 Å². The lowest BCUT2D eigenvalue weighted by molar-refractivity contribution is -0.135. The minimum absolute atomic E-state index is 0.0515. The number of amides is 4. The smallest absolute Gasteiger partial charge is 0.325 e. The van der Waals surface area contributed by atoms with Crippen molar-refractivity contribution in [3.05, 3.63) is 18.2 Å². The first-order valence-corrected chi connectivity index (χ1v) is 12.1. The third kappa shape index (κ3) is 4.53. The third-order valence-electron chi connectivity index (χ3n) is 7.33. The van der Waals surface area contributed by atoms with Crippen LogP contribution in [0.2, 0.25) is 0 Å². The summed E-state index contributed by atoms with van der Waals surface area (Å²) in [5.41, 5.74) is -0.709. The van der Waals surface area contributed by atoms with Crippen LogP contribution < -0.4 is 5.32 Å². The van der Waals surface area contributed by atoms with Gasteiger partial charge in [0.15, 0.2) is 0 Å². The van der Waals surface area contributed by atoms with Gasteiger partial charge in [-0.1, -0.05) is 13.8 Å². The first-order valence-electron chi connectivity index (χ1n) is 12.1. The number of imide groups is 1. The minimum Gasteiger partial charge on any atom is -0.341 e. The van der Waals surface area contributed by atoms with Crippen molar-refractivity contribution in [1.29, 1.82) is 0 Å². The van der Waals surface area contributed by atoms with Crippen LogP contribution in [0.1, 0.15) is 51.8 Å². The molecule has 9 nitrogen and oxygen atoms in total. The van der Waals surface area contributed by atoms with E-state index < -0.39 is 5.54 Å². The van der Waals surface area contributed by atoms with Gasteiger partial charge in [0.1, 0.15) is 17.9 Å². The summed E-state index contributed by atoms with van der Waals surface area (Å²) in [6.45, 7) is 9.04. The molecule has 0 radical (unpaired) electrons. The highest BCUT2D eigenvalue weighted by molar-refractivity contribution is 6.07. The van der Waals surface area contributed by atoms with Crippen LogP contribution in [-0.2, 0) is 22.6 Å². The number of rotatable bonds is 7. The fourth-order valence-electron chi connectivity index (χ4n) is 5.32. The number of hydrogen-bond donors (Lipinski definition) is 1. The molecule has 176 valence electrons. The molecule has 0 saturated carbocycles. The van der Waals surface area contributed by atoms with E-state index in [1.165, 1.54) is 4.90 Å². The second kappa shape index (κ2) is 9.60. The Morgan fingerprint density at radius 2 is 1.88 bits per heavy atom. The van der Waals surface area contributed by atoms with E-state index in [4.69, 9.17) is 0 Å². The van der Waals surface area contributed by atoms with Crippen LogP contribution in [0.4, 0.5) is 4.79 Å². The van der Waals surface area contributed by atoms with E-state index in [0.29, 0.717) is 39.0 Å². The standard InChI is InChI=1S/C23H36N6O3/c1-3-10-26-13-7-23(8-14-26)21(31)29(22(32)25-23)16-18-5-11-27(12-6-18)20(30)17-28-15-9-24-19(28)4-2/h9,15,18H,3-8,10-14,16-17H2,1-2H3,(H,25,32). The summed E-state index contributed by atoms with van der Waals surface area (Å²) in [4.78, 5) is 48.5. The number of likely N-dealkylation sites (tertiary alicyclic amines) is 2. The summed E-state index contributed by atoms with van der Waals surface area (Å²) in [5, 5.41) is 3.02. The molecule has 4 amide bonds. The Kier molecular flexibility index (Phi) is 6.83. The Morgan fingerprint density at radius 3 is 2.53 bits per heavy atom. The predicted molar refractivity (Wildman–Crippen MR) is 120 cm³/mol. The van der Waals surface area contributed by atoms with E-state index in [1.54, 1.807) is 6.20 Å². The number of hydrogen-bond acceptors (Lipinski definition) is 5. The van der Waals surface area contributed by atoms with Gasteiger partial charge in [0, 0.05) is 51.5 Å².